The molecule has 0 bridgehead atoms. The number of aliphatic hydroxyl groups excluding tert-OH is 1. The molecule has 0 fully saturated rings. The zero-order valence-corrected chi connectivity index (χ0v) is 10.6. The fourth-order valence-electron chi connectivity index (χ4n) is 1.69. The Hall–Kier alpha value is -1.95. The van der Waals surface area contributed by atoms with Gasteiger partial charge in [0, 0.05) is 5.69 Å². The lowest BCUT2D eigenvalue weighted by Crippen LogP contribution is -2.03. The van der Waals surface area contributed by atoms with Crippen LogP contribution in [-0.4, -0.2) is 31.7 Å². The second-order valence-corrected chi connectivity index (χ2v) is 4.14. The van der Waals surface area contributed by atoms with Crippen molar-refractivity contribution in [2.24, 2.45) is 0 Å². The average Bonchev–Trinajstić information content (AvgIpc) is 2.76. The van der Waals surface area contributed by atoms with Crippen molar-refractivity contribution < 1.29 is 5.11 Å². The van der Waals surface area contributed by atoms with Gasteiger partial charge in [0.05, 0.1) is 37.3 Å². The molecule has 2 N–H and O–H groups in total. The summed E-state index contributed by atoms with van der Waals surface area (Å²) in [4.78, 5) is 4.38. The third kappa shape index (κ3) is 3.04. The third-order valence-corrected chi connectivity index (χ3v) is 2.60. The highest BCUT2D eigenvalue weighted by molar-refractivity contribution is 5.47. The molecule has 2 aromatic rings. The molecule has 2 aromatic heterocycles. The normalized spacial score (nSPS) is 10.6. The minimum absolute atomic E-state index is 0.0667. The van der Waals surface area contributed by atoms with Crippen molar-refractivity contribution in [3.05, 3.63) is 35.4 Å². The summed E-state index contributed by atoms with van der Waals surface area (Å²) < 4.78 is 1.62. The van der Waals surface area contributed by atoms with Gasteiger partial charge < -0.3 is 10.4 Å². The Labute approximate surface area is 106 Å². The van der Waals surface area contributed by atoms with Crippen LogP contribution in [0.25, 0.3) is 0 Å². The Morgan fingerprint density at radius 1 is 1.33 bits per heavy atom. The first-order chi connectivity index (χ1) is 8.69. The minimum atomic E-state index is 0.0667. The smallest absolute Gasteiger partial charge is 0.102 e. The number of rotatable bonds is 5. The standard InChI is InChI=1S/C12H17N5O/c1-9-3-4-12(10(2)14-9)13-7-11-8-17(5-6-18)16-15-11/h3-4,8,13,18H,5-7H2,1-2H3. The van der Waals surface area contributed by atoms with Gasteiger partial charge in [-0.3, -0.25) is 4.98 Å². The molecule has 0 radical (unpaired) electrons. The summed E-state index contributed by atoms with van der Waals surface area (Å²) in [5.41, 5.74) is 3.81. The number of nitrogens with zero attached hydrogens (tertiary/aromatic N) is 4. The van der Waals surface area contributed by atoms with Crippen LogP contribution in [0.4, 0.5) is 5.69 Å². The molecule has 6 nitrogen and oxygen atoms in total. The van der Waals surface area contributed by atoms with Gasteiger partial charge >= 0.3 is 0 Å². The van der Waals surface area contributed by atoms with Crippen LogP contribution in [0.15, 0.2) is 18.3 Å². The number of anilines is 1. The summed E-state index contributed by atoms with van der Waals surface area (Å²) in [6, 6.07) is 3.98. The maximum absolute atomic E-state index is 8.79. The lowest BCUT2D eigenvalue weighted by molar-refractivity contribution is 0.268. The molecule has 0 aliphatic rings. The molecule has 0 aromatic carbocycles. The Balaban J connectivity index is 1.97. The van der Waals surface area contributed by atoms with Gasteiger partial charge in [0.1, 0.15) is 5.69 Å². The van der Waals surface area contributed by atoms with Gasteiger partial charge in [0.15, 0.2) is 0 Å². The van der Waals surface area contributed by atoms with Gasteiger partial charge in [-0.1, -0.05) is 5.21 Å². The largest absolute Gasteiger partial charge is 0.394 e. The van der Waals surface area contributed by atoms with E-state index in [9.17, 15) is 0 Å². The fourth-order valence-corrected chi connectivity index (χ4v) is 1.69. The Bertz CT molecular complexity index is 523. The van der Waals surface area contributed by atoms with Crippen molar-refractivity contribution in [1.29, 1.82) is 0 Å². The number of aryl methyl sites for hydroxylation is 2. The second kappa shape index (κ2) is 5.59. The van der Waals surface area contributed by atoms with E-state index in [4.69, 9.17) is 5.11 Å². The predicted molar refractivity (Wildman–Crippen MR) is 68.1 cm³/mol. The van der Waals surface area contributed by atoms with E-state index in [1.165, 1.54) is 0 Å². The summed E-state index contributed by atoms with van der Waals surface area (Å²) in [6.07, 6.45) is 1.82. The lowest BCUT2D eigenvalue weighted by atomic mass is 10.2. The van der Waals surface area contributed by atoms with E-state index < -0.39 is 0 Å². The molecule has 0 saturated heterocycles. The van der Waals surface area contributed by atoms with E-state index in [0.29, 0.717) is 13.1 Å². The summed E-state index contributed by atoms with van der Waals surface area (Å²) in [7, 11) is 0. The molecule has 18 heavy (non-hydrogen) atoms. The molecule has 2 heterocycles. The fraction of sp³-hybridized carbons (Fsp3) is 0.417. The van der Waals surface area contributed by atoms with E-state index in [0.717, 1.165) is 22.8 Å². The topological polar surface area (TPSA) is 75.9 Å². The maximum atomic E-state index is 8.79. The summed E-state index contributed by atoms with van der Waals surface area (Å²) in [5.74, 6) is 0. The van der Waals surface area contributed by atoms with E-state index in [1.807, 2.05) is 32.2 Å². The number of hydrogen-bond acceptors (Lipinski definition) is 5. The molecule has 0 unspecified atom stereocenters. The first-order valence-corrected chi connectivity index (χ1v) is 5.87. The molecule has 0 atom stereocenters. The van der Waals surface area contributed by atoms with Crippen LogP contribution in [0.5, 0.6) is 0 Å². The van der Waals surface area contributed by atoms with Crippen LogP contribution in [0.1, 0.15) is 17.1 Å². The van der Waals surface area contributed by atoms with Crippen molar-refractivity contribution >= 4 is 5.69 Å². The highest BCUT2D eigenvalue weighted by Gasteiger charge is 2.03. The van der Waals surface area contributed by atoms with Crippen molar-refractivity contribution in [2.75, 3.05) is 11.9 Å². The highest BCUT2D eigenvalue weighted by atomic mass is 16.3. The van der Waals surface area contributed by atoms with Crippen molar-refractivity contribution in [1.82, 2.24) is 20.0 Å². The van der Waals surface area contributed by atoms with E-state index in [2.05, 4.69) is 20.6 Å². The first-order valence-electron chi connectivity index (χ1n) is 5.87. The Morgan fingerprint density at radius 2 is 2.17 bits per heavy atom. The monoisotopic (exact) mass is 247 g/mol. The number of nitrogens with one attached hydrogen (secondary N) is 1. The maximum Gasteiger partial charge on any atom is 0.102 e. The van der Waals surface area contributed by atoms with Crippen LogP contribution in [0.2, 0.25) is 0 Å². The van der Waals surface area contributed by atoms with Crippen LogP contribution < -0.4 is 5.32 Å². The number of aromatic nitrogens is 4. The number of aliphatic hydroxyl groups is 1. The molecule has 6 heteroatoms. The van der Waals surface area contributed by atoms with Gasteiger partial charge in [0.25, 0.3) is 0 Å². The van der Waals surface area contributed by atoms with Gasteiger partial charge in [-0.2, -0.15) is 0 Å². The minimum Gasteiger partial charge on any atom is -0.394 e. The van der Waals surface area contributed by atoms with E-state index in [-0.39, 0.29) is 6.61 Å². The third-order valence-electron chi connectivity index (χ3n) is 2.60. The molecule has 0 spiro atoms. The van der Waals surface area contributed by atoms with Crippen LogP contribution in [0, 0.1) is 13.8 Å². The summed E-state index contributed by atoms with van der Waals surface area (Å²) in [5, 5.41) is 20.0. The van der Waals surface area contributed by atoms with E-state index in [1.54, 1.807) is 4.68 Å². The molecule has 0 saturated carbocycles. The van der Waals surface area contributed by atoms with Gasteiger partial charge in [-0.15, -0.1) is 5.10 Å². The highest BCUT2D eigenvalue weighted by Crippen LogP contribution is 2.13. The molecule has 2 rings (SSSR count). The number of pyridine rings is 1. The van der Waals surface area contributed by atoms with Crippen LogP contribution in [-0.2, 0) is 13.1 Å². The molecular weight excluding hydrogens is 230 g/mol. The quantitative estimate of drug-likeness (QED) is 0.820. The molecule has 96 valence electrons. The van der Waals surface area contributed by atoms with Crippen molar-refractivity contribution in [3.8, 4) is 0 Å². The zero-order chi connectivity index (χ0) is 13.0. The van der Waals surface area contributed by atoms with Crippen LogP contribution >= 0.6 is 0 Å². The van der Waals surface area contributed by atoms with Gasteiger partial charge in [-0.25, -0.2) is 4.68 Å². The Morgan fingerprint density at radius 3 is 2.89 bits per heavy atom. The lowest BCUT2D eigenvalue weighted by Gasteiger charge is -2.07. The van der Waals surface area contributed by atoms with E-state index >= 15 is 0 Å². The average molecular weight is 247 g/mol. The molecule has 0 amide bonds. The summed E-state index contributed by atoms with van der Waals surface area (Å²) >= 11 is 0. The van der Waals surface area contributed by atoms with Crippen molar-refractivity contribution in [2.45, 2.75) is 26.9 Å². The molecule has 0 aliphatic carbocycles. The predicted octanol–water partition coefficient (Wildman–Crippen LogP) is 0.894. The first kappa shape index (κ1) is 12.5. The van der Waals surface area contributed by atoms with Crippen molar-refractivity contribution in [3.63, 3.8) is 0 Å². The summed E-state index contributed by atoms with van der Waals surface area (Å²) in [6.45, 7) is 5.07. The number of hydrogen-bond donors (Lipinski definition) is 2. The zero-order valence-electron chi connectivity index (χ0n) is 10.6. The second-order valence-electron chi connectivity index (χ2n) is 4.14. The molecular formula is C12H17N5O. The van der Waals surface area contributed by atoms with Gasteiger partial charge in [-0.05, 0) is 26.0 Å². The van der Waals surface area contributed by atoms with Crippen LogP contribution in [0.3, 0.4) is 0 Å². The van der Waals surface area contributed by atoms with Gasteiger partial charge in [0.2, 0.25) is 0 Å². The Kier molecular flexibility index (Phi) is 3.88. The molecule has 0 aliphatic heterocycles. The SMILES string of the molecule is Cc1ccc(NCc2cn(CCO)nn2)c(C)n1.